The third kappa shape index (κ3) is 3.41. The molecule has 0 amide bonds. The van der Waals surface area contributed by atoms with Crippen LogP contribution in [0.25, 0.3) is 0 Å². The number of alkyl halides is 3. The lowest BCUT2D eigenvalue weighted by Crippen LogP contribution is -2.37. The zero-order valence-electron chi connectivity index (χ0n) is 8.92. The van der Waals surface area contributed by atoms with Crippen LogP contribution in [0.15, 0.2) is 24.3 Å². The van der Waals surface area contributed by atoms with E-state index in [0.717, 1.165) is 5.56 Å². The van der Waals surface area contributed by atoms with E-state index in [2.05, 4.69) is 0 Å². The van der Waals surface area contributed by atoms with Gasteiger partial charge in [-0.25, -0.2) is 0 Å². The van der Waals surface area contributed by atoms with Crippen LogP contribution in [0.5, 0.6) is 5.75 Å². The summed E-state index contributed by atoms with van der Waals surface area (Å²) in [6, 6.07) is 5.21. The lowest BCUT2D eigenvalue weighted by molar-refractivity contribution is -0.148. The van der Waals surface area contributed by atoms with Gasteiger partial charge in [0.05, 0.1) is 7.11 Å². The van der Waals surface area contributed by atoms with E-state index < -0.39 is 12.2 Å². The summed E-state index contributed by atoms with van der Waals surface area (Å²) in [5.74, 6) is 0.594. The SMILES string of the molecule is COc1ccccc1CC[C@H](N)C(F)(F)F. The summed E-state index contributed by atoms with van der Waals surface area (Å²) in [4.78, 5) is 0. The quantitative estimate of drug-likeness (QED) is 0.867. The molecule has 1 aromatic carbocycles. The molecule has 0 fully saturated rings. The monoisotopic (exact) mass is 233 g/mol. The molecule has 0 saturated heterocycles. The summed E-state index contributed by atoms with van der Waals surface area (Å²) in [5, 5.41) is 0. The lowest BCUT2D eigenvalue weighted by atomic mass is 10.0. The van der Waals surface area contributed by atoms with Crippen molar-refractivity contribution in [3.05, 3.63) is 29.8 Å². The van der Waals surface area contributed by atoms with Crippen LogP contribution in [0.2, 0.25) is 0 Å². The Kier molecular flexibility index (Phi) is 4.18. The molecule has 2 nitrogen and oxygen atoms in total. The fraction of sp³-hybridized carbons (Fsp3) is 0.455. The van der Waals surface area contributed by atoms with Gasteiger partial charge < -0.3 is 10.5 Å². The van der Waals surface area contributed by atoms with Crippen LogP contribution in [-0.4, -0.2) is 19.3 Å². The molecule has 0 aliphatic heterocycles. The number of halogens is 3. The molecule has 0 bridgehead atoms. The average molecular weight is 233 g/mol. The van der Waals surface area contributed by atoms with E-state index in [4.69, 9.17) is 10.5 Å². The maximum absolute atomic E-state index is 12.2. The van der Waals surface area contributed by atoms with Crippen molar-refractivity contribution in [2.75, 3.05) is 7.11 Å². The highest BCUT2D eigenvalue weighted by Crippen LogP contribution is 2.24. The molecular formula is C11H14F3NO. The normalized spacial score (nSPS) is 13.6. The van der Waals surface area contributed by atoms with Gasteiger partial charge in [-0.15, -0.1) is 0 Å². The highest BCUT2D eigenvalue weighted by molar-refractivity contribution is 5.33. The van der Waals surface area contributed by atoms with Crippen molar-refractivity contribution in [2.45, 2.75) is 25.1 Å². The van der Waals surface area contributed by atoms with Crippen molar-refractivity contribution in [1.29, 1.82) is 0 Å². The summed E-state index contributed by atoms with van der Waals surface area (Å²) >= 11 is 0. The third-order valence-corrected chi connectivity index (χ3v) is 2.34. The van der Waals surface area contributed by atoms with Gasteiger partial charge in [-0.3, -0.25) is 0 Å². The Hall–Kier alpha value is -1.23. The van der Waals surface area contributed by atoms with Crippen LogP contribution in [-0.2, 0) is 6.42 Å². The standard InChI is InChI=1S/C11H14F3NO/c1-16-9-5-3-2-4-8(9)6-7-10(15)11(12,13)14/h2-5,10H,6-7,15H2,1H3/t10-/m0/s1. The number of aryl methyl sites for hydroxylation is 1. The van der Waals surface area contributed by atoms with E-state index in [0.29, 0.717) is 5.75 Å². The average Bonchev–Trinajstić information content (AvgIpc) is 2.24. The van der Waals surface area contributed by atoms with Gasteiger partial charge in [0.1, 0.15) is 11.8 Å². The number of benzene rings is 1. The number of nitrogens with two attached hydrogens (primary N) is 1. The predicted molar refractivity (Wildman–Crippen MR) is 55.3 cm³/mol. The van der Waals surface area contributed by atoms with Gasteiger partial charge in [0.15, 0.2) is 0 Å². The summed E-state index contributed by atoms with van der Waals surface area (Å²) in [6.07, 6.45) is -4.21. The molecule has 2 N–H and O–H groups in total. The Morgan fingerprint density at radius 1 is 1.31 bits per heavy atom. The first kappa shape index (κ1) is 12.8. The molecule has 90 valence electrons. The Morgan fingerprint density at radius 3 is 2.50 bits per heavy atom. The molecule has 0 aromatic heterocycles. The molecule has 0 spiro atoms. The molecule has 0 saturated carbocycles. The molecule has 0 radical (unpaired) electrons. The Morgan fingerprint density at radius 2 is 1.94 bits per heavy atom. The molecule has 0 heterocycles. The topological polar surface area (TPSA) is 35.2 Å². The lowest BCUT2D eigenvalue weighted by Gasteiger charge is -2.16. The number of hydrogen-bond donors (Lipinski definition) is 1. The smallest absolute Gasteiger partial charge is 0.403 e. The Labute approximate surface area is 92.2 Å². The second kappa shape index (κ2) is 5.21. The van der Waals surface area contributed by atoms with Gasteiger partial charge in [0.2, 0.25) is 0 Å². The van der Waals surface area contributed by atoms with Crippen molar-refractivity contribution in [2.24, 2.45) is 5.73 Å². The Balaban J connectivity index is 2.61. The van der Waals surface area contributed by atoms with Crippen molar-refractivity contribution in [3.8, 4) is 5.75 Å². The first-order valence-electron chi connectivity index (χ1n) is 4.89. The van der Waals surface area contributed by atoms with Crippen molar-refractivity contribution in [3.63, 3.8) is 0 Å². The van der Waals surface area contributed by atoms with Gasteiger partial charge >= 0.3 is 6.18 Å². The van der Waals surface area contributed by atoms with Gasteiger partial charge in [0, 0.05) is 0 Å². The second-order valence-corrected chi connectivity index (χ2v) is 3.50. The van der Waals surface area contributed by atoms with Gasteiger partial charge in [-0.2, -0.15) is 13.2 Å². The molecular weight excluding hydrogens is 219 g/mol. The summed E-state index contributed by atoms with van der Waals surface area (Å²) < 4.78 is 41.6. The predicted octanol–water partition coefficient (Wildman–Crippen LogP) is 2.52. The van der Waals surface area contributed by atoms with Crippen LogP contribution < -0.4 is 10.5 Å². The summed E-state index contributed by atoms with van der Waals surface area (Å²) in [6.45, 7) is 0. The van der Waals surface area contributed by atoms with Crippen LogP contribution in [0.1, 0.15) is 12.0 Å². The third-order valence-electron chi connectivity index (χ3n) is 2.34. The fourth-order valence-corrected chi connectivity index (χ4v) is 1.38. The summed E-state index contributed by atoms with van der Waals surface area (Å²) in [5.41, 5.74) is 5.76. The van der Waals surface area contributed by atoms with Gasteiger partial charge in [0.25, 0.3) is 0 Å². The van der Waals surface area contributed by atoms with E-state index in [-0.39, 0.29) is 12.8 Å². The number of hydrogen-bond acceptors (Lipinski definition) is 2. The van der Waals surface area contributed by atoms with Crippen LogP contribution in [0.3, 0.4) is 0 Å². The minimum Gasteiger partial charge on any atom is -0.496 e. The molecule has 0 aliphatic rings. The minimum atomic E-state index is -4.33. The van der Waals surface area contributed by atoms with Crippen molar-refractivity contribution in [1.82, 2.24) is 0 Å². The van der Waals surface area contributed by atoms with Crippen molar-refractivity contribution >= 4 is 0 Å². The number of methoxy groups -OCH3 is 1. The molecule has 5 heteroatoms. The van der Waals surface area contributed by atoms with Crippen LogP contribution >= 0.6 is 0 Å². The van der Waals surface area contributed by atoms with Gasteiger partial charge in [-0.05, 0) is 24.5 Å². The second-order valence-electron chi connectivity index (χ2n) is 3.50. The Bertz CT molecular complexity index is 338. The highest BCUT2D eigenvalue weighted by atomic mass is 19.4. The highest BCUT2D eigenvalue weighted by Gasteiger charge is 2.36. The number of para-hydroxylation sites is 1. The number of rotatable bonds is 4. The van der Waals surface area contributed by atoms with E-state index in [1.165, 1.54) is 7.11 Å². The molecule has 1 aromatic rings. The zero-order chi connectivity index (χ0) is 12.2. The first-order valence-corrected chi connectivity index (χ1v) is 4.89. The number of ether oxygens (including phenoxy) is 1. The summed E-state index contributed by atoms with van der Waals surface area (Å²) in [7, 11) is 1.49. The van der Waals surface area contributed by atoms with Gasteiger partial charge in [-0.1, -0.05) is 18.2 Å². The molecule has 0 unspecified atom stereocenters. The van der Waals surface area contributed by atoms with E-state index in [1.807, 2.05) is 0 Å². The zero-order valence-corrected chi connectivity index (χ0v) is 8.92. The first-order chi connectivity index (χ1) is 7.45. The molecule has 16 heavy (non-hydrogen) atoms. The van der Waals surface area contributed by atoms with Crippen molar-refractivity contribution < 1.29 is 17.9 Å². The minimum absolute atomic E-state index is 0.135. The molecule has 0 aliphatic carbocycles. The van der Waals surface area contributed by atoms with E-state index in [1.54, 1.807) is 24.3 Å². The maximum Gasteiger partial charge on any atom is 0.403 e. The van der Waals surface area contributed by atoms with E-state index >= 15 is 0 Å². The molecule has 1 rings (SSSR count). The van der Waals surface area contributed by atoms with E-state index in [9.17, 15) is 13.2 Å². The molecule has 1 atom stereocenters. The van der Waals surface area contributed by atoms with Crippen LogP contribution in [0.4, 0.5) is 13.2 Å². The largest absolute Gasteiger partial charge is 0.496 e. The maximum atomic E-state index is 12.2. The fourth-order valence-electron chi connectivity index (χ4n) is 1.38. The van der Waals surface area contributed by atoms with Crippen LogP contribution in [0, 0.1) is 0 Å².